The number of aryl methyl sites for hydroxylation is 1. The van der Waals surface area contributed by atoms with E-state index in [1.165, 1.54) is 18.4 Å². The van der Waals surface area contributed by atoms with E-state index in [0.717, 1.165) is 37.4 Å². The quantitative estimate of drug-likeness (QED) is 0.394. The molecule has 8 nitrogen and oxygen atoms in total. The molecule has 8 heteroatoms. The van der Waals surface area contributed by atoms with Crippen molar-refractivity contribution in [3.8, 4) is 0 Å². The van der Waals surface area contributed by atoms with Gasteiger partial charge in [-0.15, -0.1) is 0 Å². The minimum absolute atomic E-state index is 0.0320. The molecule has 1 amide bonds. The average Bonchev–Trinajstić information content (AvgIpc) is 3.24. The molecule has 0 N–H and O–H groups in total. The summed E-state index contributed by atoms with van der Waals surface area (Å²) in [6, 6.07) is 7.61. The van der Waals surface area contributed by atoms with E-state index in [0.29, 0.717) is 11.3 Å². The molecule has 0 saturated heterocycles. The number of carbonyl (C=O) groups excluding carboxylic acids is 2. The largest absolute Gasteiger partial charge is 0.467 e. The second-order valence-corrected chi connectivity index (χ2v) is 6.83. The highest BCUT2D eigenvalue weighted by Crippen LogP contribution is 2.24. The first-order valence-electron chi connectivity index (χ1n) is 9.39. The number of hydrogen-bond acceptors (Lipinski definition) is 6. The number of carbonyl (C=O) groups is 2. The SMILES string of the molecule is Cc1ccc(C(=O)OCC(=O)N(Cc2ccco2)C2=CCCCC2)cc1[N+](=O)[O-]. The summed E-state index contributed by atoms with van der Waals surface area (Å²) in [6.45, 7) is 1.38. The fourth-order valence-electron chi connectivity index (χ4n) is 3.20. The fraction of sp³-hybridized carbons (Fsp3) is 0.333. The monoisotopic (exact) mass is 398 g/mol. The molecule has 1 aliphatic carbocycles. The van der Waals surface area contributed by atoms with Gasteiger partial charge in [0.15, 0.2) is 6.61 Å². The molecule has 0 fully saturated rings. The zero-order valence-corrected chi connectivity index (χ0v) is 16.1. The fourth-order valence-corrected chi connectivity index (χ4v) is 3.20. The van der Waals surface area contributed by atoms with Gasteiger partial charge >= 0.3 is 5.97 Å². The summed E-state index contributed by atoms with van der Waals surface area (Å²) < 4.78 is 10.5. The molecule has 2 aromatic rings. The van der Waals surface area contributed by atoms with Crippen LogP contribution in [0, 0.1) is 17.0 Å². The summed E-state index contributed by atoms with van der Waals surface area (Å²) in [5.74, 6) is -0.521. The van der Waals surface area contributed by atoms with Crippen molar-refractivity contribution < 1.29 is 23.7 Å². The third-order valence-electron chi connectivity index (χ3n) is 4.78. The van der Waals surface area contributed by atoms with Gasteiger partial charge in [0.05, 0.1) is 23.3 Å². The molecule has 0 radical (unpaired) electrons. The number of allylic oxidation sites excluding steroid dienone is 2. The van der Waals surface area contributed by atoms with Gasteiger partial charge < -0.3 is 14.1 Å². The summed E-state index contributed by atoms with van der Waals surface area (Å²) in [6.07, 6.45) is 7.29. The Balaban J connectivity index is 1.69. The van der Waals surface area contributed by atoms with Gasteiger partial charge in [-0.1, -0.05) is 12.1 Å². The highest BCUT2D eigenvalue weighted by atomic mass is 16.6. The van der Waals surface area contributed by atoms with Crippen LogP contribution in [0.3, 0.4) is 0 Å². The second-order valence-electron chi connectivity index (χ2n) is 6.83. The number of furan rings is 1. The van der Waals surface area contributed by atoms with Crippen molar-refractivity contribution in [1.29, 1.82) is 0 Å². The maximum absolute atomic E-state index is 12.8. The maximum atomic E-state index is 12.8. The lowest BCUT2D eigenvalue weighted by Gasteiger charge is -2.26. The summed E-state index contributed by atoms with van der Waals surface area (Å²) in [5.41, 5.74) is 1.19. The highest BCUT2D eigenvalue weighted by Gasteiger charge is 2.23. The van der Waals surface area contributed by atoms with Crippen LogP contribution in [0.25, 0.3) is 0 Å². The van der Waals surface area contributed by atoms with E-state index in [9.17, 15) is 19.7 Å². The minimum Gasteiger partial charge on any atom is -0.467 e. The van der Waals surface area contributed by atoms with Gasteiger partial charge in [0.2, 0.25) is 0 Å². The van der Waals surface area contributed by atoms with E-state index in [-0.39, 0.29) is 23.7 Å². The van der Waals surface area contributed by atoms with E-state index < -0.39 is 17.5 Å². The number of nitrogens with zero attached hydrogens (tertiary/aromatic N) is 2. The first-order valence-corrected chi connectivity index (χ1v) is 9.39. The second kappa shape index (κ2) is 9.18. The van der Waals surface area contributed by atoms with E-state index in [1.807, 2.05) is 6.08 Å². The van der Waals surface area contributed by atoms with Crippen molar-refractivity contribution in [2.75, 3.05) is 6.61 Å². The van der Waals surface area contributed by atoms with Gasteiger partial charge in [-0.3, -0.25) is 14.9 Å². The number of hydrogen-bond donors (Lipinski definition) is 0. The zero-order chi connectivity index (χ0) is 20.8. The third kappa shape index (κ3) is 5.10. The molecule has 152 valence electrons. The van der Waals surface area contributed by atoms with Crippen LogP contribution in [-0.4, -0.2) is 28.3 Å². The van der Waals surface area contributed by atoms with Crippen LogP contribution >= 0.6 is 0 Å². The van der Waals surface area contributed by atoms with Crippen molar-refractivity contribution in [2.45, 2.75) is 39.2 Å². The third-order valence-corrected chi connectivity index (χ3v) is 4.78. The predicted molar refractivity (Wildman–Crippen MR) is 104 cm³/mol. The van der Waals surface area contributed by atoms with Gasteiger partial charge in [-0.2, -0.15) is 0 Å². The Morgan fingerprint density at radius 3 is 2.76 bits per heavy atom. The van der Waals surface area contributed by atoms with Crippen molar-refractivity contribution in [3.05, 3.63) is 75.4 Å². The van der Waals surface area contributed by atoms with E-state index >= 15 is 0 Å². The number of amides is 1. The van der Waals surface area contributed by atoms with E-state index in [2.05, 4.69) is 0 Å². The standard InChI is InChI=1S/C21H22N2O6/c1-15-9-10-16(12-19(15)23(26)27)21(25)29-14-20(24)22(13-18-8-5-11-28-18)17-6-3-2-4-7-17/h5-6,8-12H,2-4,7,13-14H2,1H3. The van der Waals surface area contributed by atoms with Crippen molar-refractivity contribution in [1.82, 2.24) is 4.90 Å². The highest BCUT2D eigenvalue weighted by molar-refractivity contribution is 5.92. The van der Waals surface area contributed by atoms with Gasteiger partial charge in [0.25, 0.3) is 11.6 Å². The molecule has 0 atom stereocenters. The Morgan fingerprint density at radius 2 is 2.10 bits per heavy atom. The van der Waals surface area contributed by atoms with Crippen LogP contribution in [0.4, 0.5) is 5.69 Å². The first-order chi connectivity index (χ1) is 14.0. The molecule has 3 rings (SSSR count). The molecule has 0 bridgehead atoms. The van der Waals surface area contributed by atoms with Crippen molar-refractivity contribution >= 4 is 17.6 Å². The lowest BCUT2D eigenvalue weighted by Crippen LogP contribution is -2.34. The number of nitro benzene ring substituents is 1. The van der Waals surface area contributed by atoms with Crippen LogP contribution in [0.2, 0.25) is 0 Å². The molecular weight excluding hydrogens is 376 g/mol. The Bertz CT molecular complexity index is 933. The van der Waals surface area contributed by atoms with E-state index in [1.54, 1.807) is 24.0 Å². The molecule has 0 spiro atoms. The molecule has 1 heterocycles. The maximum Gasteiger partial charge on any atom is 0.338 e. The van der Waals surface area contributed by atoms with Gasteiger partial charge in [-0.05, 0) is 50.8 Å². The van der Waals surface area contributed by atoms with Crippen LogP contribution in [0.15, 0.2) is 52.8 Å². The summed E-state index contributed by atoms with van der Waals surface area (Å²) >= 11 is 0. The topological polar surface area (TPSA) is 103 Å². The molecule has 1 aliphatic rings. The number of ether oxygens (including phenoxy) is 1. The Kier molecular flexibility index (Phi) is 6.43. The number of benzene rings is 1. The predicted octanol–water partition coefficient (Wildman–Crippen LogP) is 4.14. The summed E-state index contributed by atoms with van der Waals surface area (Å²) in [7, 11) is 0. The lowest BCUT2D eigenvalue weighted by molar-refractivity contribution is -0.385. The molecule has 0 unspecified atom stereocenters. The normalized spacial score (nSPS) is 13.5. The summed E-state index contributed by atoms with van der Waals surface area (Å²) in [4.78, 5) is 37.2. The van der Waals surface area contributed by atoms with Crippen molar-refractivity contribution in [2.24, 2.45) is 0 Å². The van der Waals surface area contributed by atoms with Crippen LogP contribution in [-0.2, 0) is 16.1 Å². The molecule has 0 aliphatic heterocycles. The zero-order valence-electron chi connectivity index (χ0n) is 16.1. The van der Waals surface area contributed by atoms with Crippen LogP contribution < -0.4 is 0 Å². The average molecular weight is 398 g/mol. The van der Waals surface area contributed by atoms with Crippen LogP contribution in [0.5, 0.6) is 0 Å². The molecule has 1 aromatic heterocycles. The summed E-state index contributed by atoms with van der Waals surface area (Å²) in [5, 5.41) is 11.1. The van der Waals surface area contributed by atoms with Gasteiger partial charge in [-0.25, -0.2) is 4.79 Å². The molecular formula is C21H22N2O6. The first kappa shape index (κ1) is 20.3. The number of esters is 1. The Labute approximate surface area is 167 Å². The van der Waals surface area contributed by atoms with Crippen LogP contribution in [0.1, 0.15) is 47.4 Å². The Hall–Kier alpha value is -3.42. The van der Waals surface area contributed by atoms with Gasteiger partial charge in [0.1, 0.15) is 5.76 Å². The molecule has 29 heavy (non-hydrogen) atoms. The smallest absolute Gasteiger partial charge is 0.338 e. The van der Waals surface area contributed by atoms with Gasteiger partial charge in [0, 0.05) is 17.3 Å². The van der Waals surface area contributed by atoms with Crippen molar-refractivity contribution in [3.63, 3.8) is 0 Å². The molecule has 1 aromatic carbocycles. The molecule has 0 saturated carbocycles. The minimum atomic E-state index is -0.781. The Morgan fingerprint density at radius 1 is 1.28 bits per heavy atom. The lowest BCUT2D eigenvalue weighted by atomic mass is 10.0. The number of rotatable bonds is 7. The number of nitro groups is 1. The van der Waals surface area contributed by atoms with E-state index in [4.69, 9.17) is 9.15 Å².